The molecule has 0 radical (unpaired) electrons. The molecule has 1 aliphatic rings. The van der Waals surface area contributed by atoms with Crippen LogP contribution in [0.4, 0.5) is 17.6 Å². The van der Waals surface area contributed by atoms with Gasteiger partial charge in [-0.2, -0.15) is 13.2 Å². The van der Waals surface area contributed by atoms with Gasteiger partial charge in [-0.25, -0.2) is 4.39 Å². The number of benzene rings is 1. The van der Waals surface area contributed by atoms with Crippen molar-refractivity contribution in [2.45, 2.75) is 6.18 Å². The zero-order valence-corrected chi connectivity index (χ0v) is 7.48. The van der Waals surface area contributed by atoms with E-state index in [1.807, 2.05) is 0 Å². The van der Waals surface area contributed by atoms with E-state index in [0.29, 0.717) is 6.07 Å². The number of carbonyl (C=O) groups is 2. The lowest BCUT2D eigenvalue weighted by Gasteiger charge is -2.10. The third-order valence-electron chi connectivity index (χ3n) is 2.14. The van der Waals surface area contributed by atoms with Gasteiger partial charge in [0, 0.05) is 0 Å². The molecule has 0 saturated carbocycles. The Bertz CT molecular complexity index is 507. The summed E-state index contributed by atoms with van der Waals surface area (Å²) in [5, 5.41) is 1.68. The maximum atomic E-state index is 13.0. The minimum atomic E-state index is -5.02. The number of halogens is 4. The van der Waals surface area contributed by atoms with Crippen LogP contribution in [0.25, 0.3) is 0 Å². The Morgan fingerprint density at radius 2 is 1.69 bits per heavy atom. The largest absolute Gasteiger partial charge is 0.420 e. The minimum absolute atomic E-state index is 0.460. The molecule has 16 heavy (non-hydrogen) atoms. The van der Waals surface area contributed by atoms with Gasteiger partial charge in [0.05, 0.1) is 11.1 Å². The van der Waals surface area contributed by atoms with Crippen LogP contribution in [0.2, 0.25) is 0 Å². The number of imide groups is 1. The van der Waals surface area contributed by atoms with Crippen molar-refractivity contribution >= 4 is 11.8 Å². The van der Waals surface area contributed by atoms with E-state index in [0.717, 1.165) is 6.07 Å². The Hall–Kier alpha value is -1.92. The normalized spacial score (nSPS) is 15.0. The number of nitrogens with one attached hydrogen (secondary N) is 1. The van der Waals surface area contributed by atoms with Crippen molar-refractivity contribution in [1.82, 2.24) is 5.32 Å². The molecule has 0 aliphatic carbocycles. The van der Waals surface area contributed by atoms with Crippen molar-refractivity contribution in [2.75, 3.05) is 0 Å². The second-order valence-corrected chi connectivity index (χ2v) is 3.13. The highest BCUT2D eigenvalue weighted by molar-refractivity contribution is 6.22. The van der Waals surface area contributed by atoms with E-state index in [1.165, 1.54) is 0 Å². The molecule has 7 heteroatoms. The Morgan fingerprint density at radius 3 is 2.25 bits per heavy atom. The number of hydrogen-bond donors (Lipinski definition) is 1. The summed E-state index contributed by atoms with van der Waals surface area (Å²) in [6.07, 6.45) is -5.02. The van der Waals surface area contributed by atoms with Crippen LogP contribution in [0.15, 0.2) is 12.1 Å². The molecule has 0 saturated heterocycles. The van der Waals surface area contributed by atoms with Crippen molar-refractivity contribution in [3.63, 3.8) is 0 Å². The molecular weight excluding hydrogens is 230 g/mol. The highest BCUT2D eigenvalue weighted by Gasteiger charge is 2.43. The molecule has 2 amide bonds. The lowest BCUT2D eigenvalue weighted by Crippen LogP contribution is -2.21. The van der Waals surface area contributed by atoms with Crippen molar-refractivity contribution in [3.8, 4) is 0 Å². The van der Waals surface area contributed by atoms with E-state index in [9.17, 15) is 27.2 Å². The van der Waals surface area contributed by atoms with Crippen LogP contribution in [0.3, 0.4) is 0 Å². The second-order valence-electron chi connectivity index (χ2n) is 3.13. The summed E-state index contributed by atoms with van der Waals surface area (Å²) < 4.78 is 50.4. The summed E-state index contributed by atoms with van der Waals surface area (Å²) in [5.74, 6) is -3.76. The lowest BCUT2D eigenvalue weighted by molar-refractivity contribution is -0.140. The van der Waals surface area contributed by atoms with Gasteiger partial charge in [-0.1, -0.05) is 0 Å². The van der Waals surface area contributed by atoms with Crippen LogP contribution in [0, 0.1) is 5.82 Å². The molecule has 1 aromatic carbocycles. The van der Waals surface area contributed by atoms with Crippen LogP contribution in [0.5, 0.6) is 0 Å². The fourth-order valence-electron chi connectivity index (χ4n) is 1.51. The fourth-order valence-corrected chi connectivity index (χ4v) is 1.51. The molecule has 1 aromatic rings. The molecule has 84 valence electrons. The average Bonchev–Trinajstić information content (AvgIpc) is 2.40. The summed E-state index contributed by atoms with van der Waals surface area (Å²) >= 11 is 0. The summed E-state index contributed by atoms with van der Waals surface area (Å²) in [5.41, 5.74) is -3.11. The Labute approximate surface area is 86.1 Å². The van der Waals surface area contributed by atoms with Gasteiger partial charge >= 0.3 is 6.18 Å². The van der Waals surface area contributed by atoms with Gasteiger partial charge in [0.2, 0.25) is 0 Å². The highest BCUT2D eigenvalue weighted by atomic mass is 19.4. The Balaban J connectivity index is 2.80. The predicted octanol–water partition coefficient (Wildman–Crippen LogP) is 1.73. The maximum Gasteiger partial charge on any atom is 0.420 e. The third kappa shape index (κ3) is 1.36. The van der Waals surface area contributed by atoms with E-state index in [-0.39, 0.29) is 0 Å². The van der Waals surface area contributed by atoms with Gasteiger partial charge in [-0.3, -0.25) is 14.9 Å². The number of carbonyl (C=O) groups excluding carboxylic acids is 2. The summed E-state index contributed by atoms with van der Waals surface area (Å²) in [6.45, 7) is 0. The van der Waals surface area contributed by atoms with Crippen molar-refractivity contribution in [2.24, 2.45) is 0 Å². The minimum Gasteiger partial charge on any atom is -0.288 e. The molecule has 0 bridgehead atoms. The summed E-state index contributed by atoms with van der Waals surface area (Å²) in [4.78, 5) is 22.1. The molecular formula is C9H3F4NO2. The van der Waals surface area contributed by atoms with Gasteiger partial charge in [0.1, 0.15) is 11.4 Å². The van der Waals surface area contributed by atoms with E-state index in [4.69, 9.17) is 0 Å². The first-order valence-corrected chi connectivity index (χ1v) is 4.07. The maximum absolute atomic E-state index is 13.0. The number of hydrogen-bond acceptors (Lipinski definition) is 2. The Kier molecular flexibility index (Phi) is 2.01. The van der Waals surface area contributed by atoms with Gasteiger partial charge in [0.25, 0.3) is 11.8 Å². The molecule has 1 N–H and O–H groups in total. The number of rotatable bonds is 0. The summed E-state index contributed by atoms with van der Waals surface area (Å²) in [7, 11) is 0. The molecule has 3 nitrogen and oxygen atoms in total. The van der Waals surface area contributed by atoms with Crippen LogP contribution < -0.4 is 5.32 Å². The van der Waals surface area contributed by atoms with Crippen LogP contribution in [-0.4, -0.2) is 11.8 Å². The van der Waals surface area contributed by atoms with Gasteiger partial charge in [0.15, 0.2) is 0 Å². The number of amides is 2. The SMILES string of the molecule is O=C1NC(=O)c2c1ccc(F)c2C(F)(F)F. The van der Waals surface area contributed by atoms with Crippen LogP contribution >= 0.6 is 0 Å². The van der Waals surface area contributed by atoms with Crippen molar-refractivity contribution < 1.29 is 27.2 Å². The molecule has 0 unspecified atom stereocenters. The molecule has 1 aliphatic heterocycles. The Morgan fingerprint density at radius 1 is 1.06 bits per heavy atom. The molecule has 1 heterocycles. The first kappa shape index (κ1) is 10.6. The van der Waals surface area contributed by atoms with Crippen molar-refractivity contribution in [3.05, 3.63) is 34.6 Å². The van der Waals surface area contributed by atoms with E-state index >= 15 is 0 Å². The second kappa shape index (κ2) is 3.03. The van der Waals surface area contributed by atoms with Crippen LogP contribution in [0.1, 0.15) is 26.3 Å². The fraction of sp³-hybridized carbons (Fsp3) is 0.111. The van der Waals surface area contributed by atoms with Gasteiger partial charge in [-0.15, -0.1) is 0 Å². The number of fused-ring (bicyclic) bond motifs is 1. The van der Waals surface area contributed by atoms with E-state index in [1.54, 1.807) is 5.32 Å². The first-order chi connectivity index (χ1) is 7.32. The molecule has 0 aromatic heterocycles. The molecule has 0 atom stereocenters. The monoisotopic (exact) mass is 233 g/mol. The van der Waals surface area contributed by atoms with E-state index in [2.05, 4.69) is 0 Å². The topological polar surface area (TPSA) is 46.2 Å². The third-order valence-corrected chi connectivity index (χ3v) is 2.14. The zero-order chi connectivity index (χ0) is 12.1. The highest BCUT2D eigenvalue weighted by Crippen LogP contribution is 2.36. The van der Waals surface area contributed by atoms with Gasteiger partial charge < -0.3 is 0 Å². The smallest absolute Gasteiger partial charge is 0.288 e. The standard InChI is InChI=1S/C9H3F4NO2/c10-4-2-1-3-5(6(4)9(11,12)13)8(16)14-7(3)15/h1-2H,(H,14,15,16). The summed E-state index contributed by atoms with van der Waals surface area (Å²) in [6, 6.07) is 1.36. The molecule has 2 rings (SSSR count). The quantitative estimate of drug-likeness (QED) is 0.547. The average molecular weight is 233 g/mol. The number of alkyl halides is 3. The zero-order valence-electron chi connectivity index (χ0n) is 7.48. The molecule has 0 fully saturated rings. The first-order valence-electron chi connectivity index (χ1n) is 4.07. The van der Waals surface area contributed by atoms with Gasteiger partial charge in [-0.05, 0) is 12.1 Å². The molecule has 0 spiro atoms. The van der Waals surface area contributed by atoms with Crippen LogP contribution in [-0.2, 0) is 6.18 Å². The predicted molar refractivity (Wildman–Crippen MR) is 43.2 cm³/mol. The van der Waals surface area contributed by atoms with E-state index < -0.39 is 40.5 Å². The lowest BCUT2D eigenvalue weighted by atomic mass is 10.0. The van der Waals surface area contributed by atoms with Crippen molar-refractivity contribution in [1.29, 1.82) is 0 Å².